The van der Waals surface area contributed by atoms with Crippen molar-refractivity contribution in [2.75, 3.05) is 31.6 Å². The quantitative estimate of drug-likeness (QED) is 0.841. The molecule has 0 bridgehead atoms. The topological polar surface area (TPSA) is 67.4 Å². The van der Waals surface area contributed by atoms with Gasteiger partial charge in [0.05, 0.1) is 4.90 Å². The van der Waals surface area contributed by atoms with E-state index in [9.17, 15) is 8.42 Å². The van der Waals surface area contributed by atoms with E-state index in [0.717, 1.165) is 38.3 Å². The Bertz CT molecular complexity index is 508. The Morgan fingerprint density at radius 1 is 1.20 bits per heavy atom. The van der Waals surface area contributed by atoms with Gasteiger partial charge in [0.25, 0.3) is 0 Å². The highest BCUT2D eigenvalue weighted by Crippen LogP contribution is 2.18. The third kappa shape index (κ3) is 4.19. The summed E-state index contributed by atoms with van der Waals surface area (Å²) in [7, 11) is -3.36. The predicted molar refractivity (Wildman–Crippen MR) is 79.3 cm³/mol. The molecule has 1 fully saturated rings. The molecular formula is C14H22N2O3S. The maximum Gasteiger partial charge on any atom is 0.240 e. The Balaban J connectivity index is 1.91. The first-order chi connectivity index (χ1) is 9.62. The number of anilines is 1. The van der Waals surface area contributed by atoms with E-state index in [1.807, 2.05) is 12.1 Å². The third-order valence-electron chi connectivity index (χ3n) is 3.43. The molecule has 0 aliphatic carbocycles. The zero-order valence-electron chi connectivity index (χ0n) is 11.8. The Hall–Kier alpha value is -1.11. The number of hydrogen-bond acceptors (Lipinski definition) is 4. The smallest absolute Gasteiger partial charge is 0.240 e. The van der Waals surface area contributed by atoms with Crippen LogP contribution < -0.4 is 10.0 Å². The zero-order chi connectivity index (χ0) is 14.4. The lowest BCUT2D eigenvalue weighted by Gasteiger charge is -2.22. The molecule has 0 atom stereocenters. The van der Waals surface area contributed by atoms with Crippen molar-refractivity contribution in [3.8, 4) is 0 Å². The van der Waals surface area contributed by atoms with Crippen LogP contribution in [0.4, 0.5) is 5.69 Å². The molecule has 0 saturated carbocycles. The summed E-state index contributed by atoms with van der Waals surface area (Å²) in [5.74, 6) is 0.633. The van der Waals surface area contributed by atoms with Crippen molar-refractivity contribution < 1.29 is 13.2 Å². The van der Waals surface area contributed by atoms with Crippen LogP contribution in [0.15, 0.2) is 29.2 Å². The Kier molecular flexibility index (Phi) is 5.39. The molecule has 1 saturated heterocycles. The van der Waals surface area contributed by atoms with Gasteiger partial charge in [-0.3, -0.25) is 0 Å². The number of sulfonamides is 1. The normalized spacial score (nSPS) is 17.1. The van der Waals surface area contributed by atoms with Gasteiger partial charge in [-0.1, -0.05) is 6.92 Å². The van der Waals surface area contributed by atoms with E-state index in [-0.39, 0.29) is 0 Å². The average Bonchev–Trinajstić information content (AvgIpc) is 2.47. The van der Waals surface area contributed by atoms with Crippen LogP contribution in [0.3, 0.4) is 0 Å². The molecule has 1 aromatic carbocycles. The van der Waals surface area contributed by atoms with Crippen LogP contribution in [0.25, 0.3) is 0 Å². The van der Waals surface area contributed by atoms with Gasteiger partial charge in [0.15, 0.2) is 0 Å². The van der Waals surface area contributed by atoms with Gasteiger partial charge in [0.1, 0.15) is 0 Å². The van der Waals surface area contributed by atoms with Gasteiger partial charge in [-0.25, -0.2) is 13.1 Å². The molecule has 112 valence electrons. The molecular weight excluding hydrogens is 276 g/mol. The summed E-state index contributed by atoms with van der Waals surface area (Å²) in [6.45, 7) is 4.74. The van der Waals surface area contributed by atoms with Crippen LogP contribution in [0.5, 0.6) is 0 Å². The van der Waals surface area contributed by atoms with Crippen molar-refractivity contribution in [1.29, 1.82) is 0 Å². The maximum atomic E-state index is 11.8. The second-order valence-corrected chi connectivity index (χ2v) is 6.73. The first-order valence-corrected chi connectivity index (χ1v) is 8.51. The minimum absolute atomic E-state index is 0.302. The van der Waals surface area contributed by atoms with Gasteiger partial charge in [-0.15, -0.1) is 0 Å². The molecule has 0 unspecified atom stereocenters. The van der Waals surface area contributed by atoms with Gasteiger partial charge in [-0.05, 0) is 43.0 Å². The monoisotopic (exact) mass is 298 g/mol. The molecule has 5 nitrogen and oxygen atoms in total. The zero-order valence-corrected chi connectivity index (χ0v) is 12.6. The number of ether oxygens (including phenoxy) is 1. The molecule has 1 heterocycles. The highest BCUT2D eigenvalue weighted by atomic mass is 32.2. The van der Waals surface area contributed by atoms with E-state index in [1.165, 1.54) is 0 Å². The summed E-state index contributed by atoms with van der Waals surface area (Å²) in [6, 6.07) is 6.88. The van der Waals surface area contributed by atoms with E-state index in [4.69, 9.17) is 4.74 Å². The first kappa shape index (κ1) is 15.3. The number of hydrogen-bond donors (Lipinski definition) is 2. The second-order valence-electron chi connectivity index (χ2n) is 4.96. The van der Waals surface area contributed by atoms with Crippen LogP contribution in [0.1, 0.15) is 19.8 Å². The highest BCUT2D eigenvalue weighted by Gasteiger charge is 2.14. The van der Waals surface area contributed by atoms with Crippen LogP contribution in [-0.4, -0.2) is 34.7 Å². The Morgan fingerprint density at radius 2 is 1.85 bits per heavy atom. The van der Waals surface area contributed by atoms with Crippen LogP contribution in [0.2, 0.25) is 0 Å². The summed E-state index contributed by atoms with van der Waals surface area (Å²) in [5, 5.41) is 3.35. The lowest BCUT2D eigenvalue weighted by atomic mass is 10.0. The van der Waals surface area contributed by atoms with E-state index >= 15 is 0 Å². The Labute approximate surface area is 120 Å². The summed E-state index contributed by atoms with van der Waals surface area (Å²) < 4.78 is 31.4. The number of nitrogens with one attached hydrogen (secondary N) is 2. The summed E-state index contributed by atoms with van der Waals surface area (Å²) in [5.41, 5.74) is 0.951. The van der Waals surface area contributed by atoms with Crippen LogP contribution in [-0.2, 0) is 14.8 Å². The van der Waals surface area contributed by atoms with E-state index < -0.39 is 10.0 Å². The molecule has 1 aliphatic rings. The van der Waals surface area contributed by atoms with Crippen molar-refractivity contribution in [3.05, 3.63) is 24.3 Å². The molecule has 2 rings (SSSR count). The average molecular weight is 298 g/mol. The molecule has 6 heteroatoms. The second kappa shape index (κ2) is 7.06. The van der Waals surface area contributed by atoms with E-state index in [0.29, 0.717) is 17.4 Å². The van der Waals surface area contributed by atoms with Crippen molar-refractivity contribution in [1.82, 2.24) is 4.72 Å². The molecule has 0 amide bonds. The van der Waals surface area contributed by atoms with E-state index in [1.54, 1.807) is 19.1 Å². The Morgan fingerprint density at radius 3 is 2.45 bits per heavy atom. The van der Waals surface area contributed by atoms with Gasteiger partial charge in [-0.2, -0.15) is 0 Å². The standard InChI is InChI=1S/C14H22N2O3S/c1-2-16-20(17,18)14-5-3-13(4-6-14)15-11-12-7-9-19-10-8-12/h3-6,12,15-16H,2,7-11H2,1H3. The lowest BCUT2D eigenvalue weighted by molar-refractivity contribution is 0.0699. The van der Waals surface area contributed by atoms with Gasteiger partial charge in [0, 0.05) is 32.0 Å². The van der Waals surface area contributed by atoms with Crippen molar-refractivity contribution in [3.63, 3.8) is 0 Å². The minimum Gasteiger partial charge on any atom is -0.385 e. The molecule has 1 aromatic rings. The van der Waals surface area contributed by atoms with Gasteiger partial charge in [0.2, 0.25) is 10.0 Å². The molecule has 1 aliphatic heterocycles. The van der Waals surface area contributed by atoms with Crippen molar-refractivity contribution in [2.45, 2.75) is 24.7 Å². The molecule has 0 radical (unpaired) electrons. The molecule has 0 spiro atoms. The predicted octanol–water partition coefficient (Wildman–Crippen LogP) is 1.82. The fraction of sp³-hybridized carbons (Fsp3) is 0.571. The van der Waals surface area contributed by atoms with Crippen LogP contribution >= 0.6 is 0 Å². The van der Waals surface area contributed by atoms with Crippen molar-refractivity contribution in [2.24, 2.45) is 5.92 Å². The fourth-order valence-corrected chi connectivity index (χ4v) is 3.28. The maximum absolute atomic E-state index is 11.8. The van der Waals surface area contributed by atoms with Gasteiger partial charge >= 0.3 is 0 Å². The molecule has 0 aromatic heterocycles. The van der Waals surface area contributed by atoms with Crippen molar-refractivity contribution >= 4 is 15.7 Å². The van der Waals surface area contributed by atoms with Gasteiger partial charge < -0.3 is 10.1 Å². The number of rotatable bonds is 6. The summed E-state index contributed by atoms with van der Waals surface area (Å²) in [6.07, 6.45) is 2.17. The summed E-state index contributed by atoms with van der Waals surface area (Å²) in [4.78, 5) is 0.302. The number of benzene rings is 1. The largest absolute Gasteiger partial charge is 0.385 e. The fourth-order valence-electron chi connectivity index (χ4n) is 2.24. The molecule has 2 N–H and O–H groups in total. The third-order valence-corrected chi connectivity index (χ3v) is 5.00. The van der Waals surface area contributed by atoms with Crippen LogP contribution in [0, 0.1) is 5.92 Å². The summed E-state index contributed by atoms with van der Waals surface area (Å²) >= 11 is 0. The molecule has 20 heavy (non-hydrogen) atoms. The highest BCUT2D eigenvalue weighted by molar-refractivity contribution is 7.89. The first-order valence-electron chi connectivity index (χ1n) is 7.03. The van der Waals surface area contributed by atoms with E-state index in [2.05, 4.69) is 10.0 Å². The lowest BCUT2D eigenvalue weighted by Crippen LogP contribution is -2.23. The minimum atomic E-state index is -3.36. The SMILES string of the molecule is CCNS(=O)(=O)c1ccc(NCC2CCOCC2)cc1.